The quantitative estimate of drug-likeness (QED) is 0.246. The maximum Gasteiger partial charge on any atom is 0.225 e. The second kappa shape index (κ2) is 13.1. The van der Waals surface area contributed by atoms with Crippen molar-refractivity contribution in [2.24, 2.45) is 4.99 Å². The fourth-order valence-corrected chi connectivity index (χ4v) is 3.56. The van der Waals surface area contributed by atoms with Crippen molar-refractivity contribution in [2.45, 2.75) is 39.2 Å². The molecule has 0 radical (unpaired) electrons. The molecule has 0 aromatic heterocycles. The molecule has 2 aromatic carbocycles. The smallest absolute Gasteiger partial charge is 0.225 e. The minimum absolute atomic E-state index is 0. The Morgan fingerprint density at radius 3 is 2.72 bits per heavy atom. The number of hydrogen-bond acceptors (Lipinski definition) is 4. The van der Waals surface area contributed by atoms with Crippen molar-refractivity contribution >= 4 is 41.5 Å². The summed E-state index contributed by atoms with van der Waals surface area (Å²) in [5.74, 6) is 2.32. The number of benzene rings is 2. The van der Waals surface area contributed by atoms with E-state index in [1.165, 1.54) is 0 Å². The topological polar surface area (TPSA) is 84.0 Å². The summed E-state index contributed by atoms with van der Waals surface area (Å²) < 4.78 is 11.2. The Bertz CT molecular complexity index is 920. The average Bonchev–Trinajstić information content (AvgIpc) is 2.79. The molecular formula is C24H33IN4O3. The molecule has 0 aliphatic carbocycles. The summed E-state index contributed by atoms with van der Waals surface area (Å²) in [7, 11) is 1.64. The fourth-order valence-electron chi connectivity index (χ4n) is 3.56. The van der Waals surface area contributed by atoms with Crippen LogP contribution >= 0.6 is 24.0 Å². The molecule has 1 aliphatic rings. The van der Waals surface area contributed by atoms with Gasteiger partial charge in [-0.1, -0.05) is 31.2 Å². The summed E-state index contributed by atoms with van der Waals surface area (Å²) in [5.41, 5.74) is 3.07. The first kappa shape index (κ1) is 25.8. The van der Waals surface area contributed by atoms with Crippen molar-refractivity contribution in [3.05, 3.63) is 53.6 Å². The van der Waals surface area contributed by atoms with Gasteiger partial charge >= 0.3 is 0 Å². The van der Waals surface area contributed by atoms with Crippen LogP contribution in [0, 0.1) is 0 Å². The highest BCUT2D eigenvalue weighted by molar-refractivity contribution is 14.0. The Morgan fingerprint density at radius 2 is 1.97 bits per heavy atom. The van der Waals surface area contributed by atoms with Gasteiger partial charge in [-0.05, 0) is 42.7 Å². The first-order valence-electron chi connectivity index (χ1n) is 10.8. The highest BCUT2D eigenvalue weighted by Crippen LogP contribution is 2.31. The number of nitrogens with zero attached hydrogens (tertiary/aromatic N) is 1. The Kier molecular flexibility index (Phi) is 10.6. The van der Waals surface area contributed by atoms with Gasteiger partial charge in [-0.2, -0.15) is 0 Å². The number of hydrogen-bond donors (Lipinski definition) is 3. The lowest BCUT2D eigenvalue weighted by Crippen LogP contribution is -2.40. The maximum absolute atomic E-state index is 12.1. The third-order valence-electron chi connectivity index (χ3n) is 5.08. The second-order valence-corrected chi connectivity index (χ2v) is 7.45. The minimum atomic E-state index is 0. The van der Waals surface area contributed by atoms with E-state index in [1.807, 2.05) is 43.3 Å². The van der Waals surface area contributed by atoms with Crippen LogP contribution < -0.4 is 25.4 Å². The predicted octanol–water partition coefficient (Wildman–Crippen LogP) is 4.28. The van der Waals surface area contributed by atoms with Crippen LogP contribution in [0.4, 0.5) is 5.69 Å². The van der Waals surface area contributed by atoms with Crippen LogP contribution in [0.15, 0.2) is 47.5 Å². The molecule has 0 bridgehead atoms. The second-order valence-electron chi connectivity index (χ2n) is 7.45. The number of rotatable bonds is 9. The molecule has 7 nitrogen and oxygen atoms in total. The van der Waals surface area contributed by atoms with Crippen molar-refractivity contribution in [1.82, 2.24) is 10.6 Å². The monoisotopic (exact) mass is 552 g/mol. The molecule has 3 N–H and O–H groups in total. The van der Waals surface area contributed by atoms with E-state index in [-0.39, 0.29) is 35.8 Å². The van der Waals surface area contributed by atoms with Crippen LogP contribution in [-0.2, 0) is 11.3 Å². The Labute approximate surface area is 207 Å². The van der Waals surface area contributed by atoms with Crippen molar-refractivity contribution in [2.75, 3.05) is 32.1 Å². The number of ether oxygens (including phenoxy) is 2. The lowest BCUT2D eigenvalue weighted by atomic mass is 9.90. The Balaban J connectivity index is 0.00000363. The molecule has 1 amide bonds. The first-order valence-corrected chi connectivity index (χ1v) is 10.8. The summed E-state index contributed by atoms with van der Waals surface area (Å²) >= 11 is 0. The van der Waals surface area contributed by atoms with Gasteiger partial charge in [0.15, 0.2) is 17.5 Å². The van der Waals surface area contributed by atoms with Gasteiger partial charge in [0.1, 0.15) is 0 Å². The number of aliphatic imine (C=N–C) groups is 1. The lowest BCUT2D eigenvalue weighted by molar-refractivity contribution is -0.116. The largest absolute Gasteiger partial charge is 0.493 e. The minimum Gasteiger partial charge on any atom is -0.493 e. The average molecular weight is 552 g/mol. The van der Waals surface area contributed by atoms with E-state index in [0.717, 1.165) is 41.5 Å². The number of para-hydroxylation sites is 1. The van der Waals surface area contributed by atoms with Crippen LogP contribution in [0.3, 0.4) is 0 Å². The molecule has 1 atom stereocenters. The van der Waals surface area contributed by atoms with Gasteiger partial charge in [0, 0.05) is 31.1 Å². The molecule has 0 saturated carbocycles. The molecule has 3 rings (SSSR count). The molecule has 174 valence electrons. The Morgan fingerprint density at radius 1 is 1.16 bits per heavy atom. The first-order chi connectivity index (χ1) is 15.1. The highest BCUT2D eigenvalue weighted by atomic mass is 127. The number of carbonyl (C=O) groups is 1. The lowest BCUT2D eigenvalue weighted by Gasteiger charge is -2.26. The van der Waals surface area contributed by atoms with Gasteiger partial charge in [0.05, 0.1) is 20.3 Å². The predicted molar refractivity (Wildman–Crippen MR) is 139 cm³/mol. The number of nitrogens with one attached hydrogen (secondary N) is 3. The van der Waals surface area contributed by atoms with Crippen LogP contribution in [-0.4, -0.2) is 38.7 Å². The van der Waals surface area contributed by atoms with E-state index in [9.17, 15) is 4.79 Å². The van der Waals surface area contributed by atoms with Crippen molar-refractivity contribution in [3.63, 3.8) is 0 Å². The summed E-state index contributed by atoms with van der Waals surface area (Å²) in [5, 5.41) is 9.61. The third kappa shape index (κ3) is 7.01. The van der Waals surface area contributed by atoms with E-state index >= 15 is 0 Å². The molecular weight excluding hydrogens is 519 g/mol. The molecule has 32 heavy (non-hydrogen) atoms. The number of methoxy groups -OCH3 is 1. The van der Waals surface area contributed by atoms with E-state index in [2.05, 4.69) is 28.9 Å². The standard InChI is InChI=1S/C24H32N4O3.HI/c1-4-12-31-21-11-10-17(13-22(21)30-3)15-26-24(25-5-2)27-16-18-14-23(29)28-20-9-7-6-8-19(18)20;/h6-11,13,18H,4-5,12,14-16H2,1-3H3,(H,28,29)(H2,25,26,27);1H. The third-order valence-corrected chi connectivity index (χ3v) is 5.08. The number of halogens is 1. The van der Waals surface area contributed by atoms with Gasteiger partial charge in [-0.15, -0.1) is 24.0 Å². The molecule has 8 heteroatoms. The zero-order valence-electron chi connectivity index (χ0n) is 18.9. The molecule has 1 heterocycles. The van der Waals surface area contributed by atoms with Crippen LogP contribution in [0.2, 0.25) is 0 Å². The zero-order chi connectivity index (χ0) is 22.1. The number of carbonyl (C=O) groups excluding carboxylic acids is 1. The van der Waals surface area contributed by atoms with Gasteiger partial charge in [0.25, 0.3) is 0 Å². The molecule has 0 fully saturated rings. The molecule has 0 saturated heterocycles. The van der Waals surface area contributed by atoms with E-state index in [1.54, 1.807) is 7.11 Å². The molecule has 2 aromatic rings. The summed E-state index contributed by atoms with van der Waals surface area (Å²) in [6, 6.07) is 13.8. The number of guanidine groups is 1. The van der Waals surface area contributed by atoms with Crippen LogP contribution in [0.1, 0.15) is 43.7 Å². The molecule has 1 aliphatic heterocycles. The van der Waals surface area contributed by atoms with Crippen LogP contribution in [0.25, 0.3) is 0 Å². The van der Waals surface area contributed by atoms with Crippen LogP contribution in [0.5, 0.6) is 11.5 Å². The number of anilines is 1. The number of fused-ring (bicyclic) bond motifs is 1. The van der Waals surface area contributed by atoms with E-state index in [0.29, 0.717) is 31.9 Å². The normalized spacial score (nSPS) is 15.2. The van der Waals surface area contributed by atoms with Crippen molar-refractivity contribution in [1.29, 1.82) is 0 Å². The molecule has 1 unspecified atom stereocenters. The maximum atomic E-state index is 12.1. The van der Waals surface area contributed by atoms with Gasteiger partial charge in [-0.25, -0.2) is 4.99 Å². The van der Waals surface area contributed by atoms with Gasteiger partial charge in [0.2, 0.25) is 5.91 Å². The Hall–Kier alpha value is -2.49. The molecule has 0 spiro atoms. The van der Waals surface area contributed by atoms with Gasteiger partial charge in [-0.3, -0.25) is 4.79 Å². The van der Waals surface area contributed by atoms with Gasteiger partial charge < -0.3 is 25.4 Å². The summed E-state index contributed by atoms with van der Waals surface area (Å²) in [6.07, 6.45) is 1.40. The van der Waals surface area contributed by atoms with E-state index in [4.69, 9.17) is 14.5 Å². The summed E-state index contributed by atoms with van der Waals surface area (Å²) in [6.45, 7) is 6.64. The van der Waals surface area contributed by atoms with E-state index < -0.39 is 0 Å². The SMILES string of the molecule is CCCOc1ccc(CN=C(NCC)NCC2CC(=O)Nc3ccccc32)cc1OC.I. The van der Waals surface area contributed by atoms with Crippen molar-refractivity contribution in [3.8, 4) is 11.5 Å². The van der Waals surface area contributed by atoms with Crippen molar-refractivity contribution < 1.29 is 14.3 Å². The summed E-state index contributed by atoms with van der Waals surface area (Å²) in [4.78, 5) is 16.8. The number of amides is 1. The highest BCUT2D eigenvalue weighted by Gasteiger charge is 2.24. The fraction of sp³-hybridized carbons (Fsp3) is 0.417. The zero-order valence-corrected chi connectivity index (χ0v) is 21.3.